The molecule has 3 aromatic carbocycles. The fraction of sp³-hybridized carbons (Fsp3) is 0.406. The van der Waals surface area contributed by atoms with Gasteiger partial charge in [-0.25, -0.2) is 0 Å². The average Bonchev–Trinajstić information content (AvgIpc) is 2.98. The smallest absolute Gasteiger partial charge is 0.416 e. The van der Waals surface area contributed by atoms with E-state index in [9.17, 15) is 13.2 Å². The van der Waals surface area contributed by atoms with Crippen LogP contribution in [0.25, 0.3) is 0 Å². The van der Waals surface area contributed by atoms with Crippen LogP contribution in [0, 0.1) is 5.92 Å². The minimum absolute atomic E-state index is 0.0848. The van der Waals surface area contributed by atoms with Crippen molar-refractivity contribution >= 4 is 63.6 Å². The second kappa shape index (κ2) is 14.4. The fourth-order valence-corrected chi connectivity index (χ4v) is 7.02. The van der Waals surface area contributed by atoms with Gasteiger partial charge in [-0.15, -0.1) is 0 Å². The highest BCUT2D eigenvalue weighted by Crippen LogP contribution is 2.49. The molecule has 1 atom stereocenters. The number of nitrogens with zero attached hydrogens (tertiary/aromatic N) is 3. The number of alkyl halides is 3. The number of rotatable bonds is 10. The van der Waals surface area contributed by atoms with Crippen molar-refractivity contribution in [2.75, 3.05) is 57.3 Å². The zero-order valence-corrected chi connectivity index (χ0v) is 27.0. The van der Waals surface area contributed by atoms with Crippen LogP contribution < -0.4 is 4.90 Å². The minimum Gasteiger partial charge on any atom is -0.485 e. The lowest BCUT2D eigenvalue weighted by molar-refractivity contribution is -0.137. The van der Waals surface area contributed by atoms with Crippen molar-refractivity contribution in [2.45, 2.75) is 35.7 Å². The summed E-state index contributed by atoms with van der Waals surface area (Å²) in [6.45, 7) is 8.73. The Hall–Kier alpha value is -2.01. The Morgan fingerprint density at radius 1 is 0.884 bits per heavy atom. The summed E-state index contributed by atoms with van der Waals surface area (Å²) in [6.07, 6.45) is -2.78. The molecule has 0 aromatic heterocycles. The van der Waals surface area contributed by atoms with E-state index in [1.807, 2.05) is 36.4 Å². The number of hydrogen-bond donors (Lipinski definition) is 0. The van der Waals surface area contributed by atoms with Crippen molar-refractivity contribution in [3.05, 3.63) is 81.8 Å². The summed E-state index contributed by atoms with van der Waals surface area (Å²) >= 11 is 19.2. The van der Waals surface area contributed by atoms with E-state index in [0.717, 1.165) is 73.2 Å². The van der Waals surface area contributed by atoms with Crippen molar-refractivity contribution in [3.8, 4) is 0 Å². The Labute approximate surface area is 271 Å². The molecule has 2 aliphatic rings. The van der Waals surface area contributed by atoms with E-state index in [0.29, 0.717) is 33.9 Å². The van der Waals surface area contributed by atoms with Gasteiger partial charge in [0.1, 0.15) is 6.61 Å². The normalized spacial score (nSPS) is 16.5. The van der Waals surface area contributed by atoms with Crippen molar-refractivity contribution in [2.24, 2.45) is 5.92 Å². The summed E-state index contributed by atoms with van der Waals surface area (Å²) in [7, 11) is 0. The topological polar surface area (TPSA) is 19.0 Å². The SMILES string of the molecule is CC(Cc1ccc(Cl)c(Cl)c1)C(=S)OCCN1CCN(CCCN2c3ccccc3Sc3ccc(C(F)(F)F)cc32)CC1. The maximum Gasteiger partial charge on any atom is 0.416 e. The van der Waals surface area contributed by atoms with Gasteiger partial charge < -0.3 is 14.5 Å². The van der Waals surface area contributed by atoms with Crippen LogP contribution >= 0.6 is 47.2 Å². The Morgan fingerprint density at radius 2 is 1.58 bits per heavy atom. The summed E-state index contributed by atoms with van der Waals surface area (Å²) in [4.78, 5) is 8.78. The molecule has 0 radical (unpaired) electrons. The number of anilines is 2. The lowest BCUT2D eigenvalue weighted by atomic mass is 10.0. The van der Waals surface area contributed by atoms with Gasteiger partial charge in [-0.2, -0.15) is 13.2 Å². The third kappa shape index (κ3) is 8.38. The van der Waals surface area contributed by atoms with Gasteiger partial charge in [0.25, 0.3) is 0 Å². The van der Waals surface area contributed by atoms with Gasteiger partial charge in [0.15, 0.2) is 5.05 Å². The number of benzene rings is 3. The first-order chi connectivity index (χ1) is 20.6. The molecule has 43 heavy (non-hydrogen) atoms. The molecule has 0 aliphatic carbocycles. The molecule has 0 amide bonds. The summed E-state index contributed by atoms with van der Waals surface area (Å²) in [5.41, 5.74) is 2.06. The zero-order chi connectivity index (χ0) is 30.6. The summed E-state index contributed by atoms with van der Waals surface area (Å²) in [5, 5.41) is 1.68. The van der Waals surface area contributed by atoms with Gasteiger partial charge in [-0.05, 0) is 79.6 Å². The molecule has 2 heterocycles. The molecule has 230 valence electrons. The predicted octanol–water partition coefficient (Wildman–Crippen LogP) is 8.85. The van der Waals surface area contributed by atoms with E-state index < -0.39 is 11.7 Å². The number of thiocarbonyl (C=S) groups is 1. The Bertz CT molecular complexity index is 1430. The molecule has 2 aliphatic heterocycles. The highest BCUT2D eigenvalue weighted by atomic mass is 35.5. The maximum atomic E-state index is 13.5. The summed E-state index contributed by atoms with van der Waals surface area (Å²) in [5.74, 6) is 0.0848. The number of ether oxygens (including phenoxy) is 1. The average molecular weight is 669 g/mol. The second-order valence-corrected chi connectivity index (χ2v) is 13.3. The quantitative estimate of drug-likeness (QED) is 0.200. The molecule has 1 fully saturated rings. The van der Waals surface area contributed by atoms with Crippen LogP contribution in [0.15, 0.2) is 70.5 Å². The van der Waals surface area contributed by atoms with Crippen LogP contribution in [0.4, 0.5) is 24.5 Å². The fourth-order valence-electron chi connectivity index (χ4n) is 5.46. The highest BCUT2D eigenvalue weighted by molar-refractivity contribution is 7.99. The Balaban J connectivity index is 1.06. The first-order valence-corrected chi connectivity index (χ1v) is 16.4. The number of hydrogen-bond acceptors (Lipinski definition) is 6. The van der Waals surface area contributed by atoms with Gasteiger partial charge >= 0.3 is 6.18 Å². The number of halogens is 5. The maximum absolute atomic E-state index is 13.5. The number of fused-ring (bicyclic) bond motifs is 2. The number of para-hydroxylation sites is 1. The predicted molar refractivity (Wildman–Crippen MR) is 174 cm³/mol. The van der Waals surface area contributed by atoms with Crippen molar-refractivity contribution < 1.29 is 17.9 Å². The van der Waals surface area contributed by atoms with Crippen LogP contribution in [-0.2, 0) is 17.3 Å². The Kier molecular flexibility index (Phi) is 10.8. The van der Waals surface area contributed by atoms with E-state index >= 15 is 0 Å². The van der Waals surface area contributed by atoms with Gasteiger partial charge in [0, 0.05) is 55.0 Å². The second-order valence-electron chi connectivity index (χ2n) is 11.0. The van der Waals surface area contributed by atoms with Crippen molar-refractivity contribution in [3.63, 3.8) is 0 Å². The van der Waals surface area contributed by atoms with E-state index in [4.69, 9.17) is 40.2 Å². The highest BCUT2D eigenvalue weighted by Gasteiger charge is 2.33. The molecule has 0 bridgehead atoms. The molecular formula is C32H34Cl2F3N3OS2. The van der Waals surface area contributed by atoms with Crippen LogP contribution in [0.5, 0.6) is 0 Å². The number of piperazine rings is 1. The van der Waals surface area contributed by atoms with E-state index in [1.165, 1.54) is 23.9 Å². The molecular weight excluding hydrogens is 634 g/mol. The van der Waals surface area contributed by atoms with Crippen molar-refractivity contribution in [1.29, 1.82) is 0 Å². The third-order valence-corrected chi connectivity index (χ3v) is 10.2. The largest absolute Gasteiger partial charge is 0.485 e. The zero-order valence-electron chi connectivity index (χ0n) is 23.9. The van der Waals surface area contributed by atoms with Crippen LogP contribution in [0.1, 0.15) is 24.5 Å². The minimum atomic E-state index is -4.37. The van der Waals surface area contributed by atoms with E-state index in [2.05, 4.69) is 21.6 Å². The summed E-state index contributed by atoms with van der Waals surface area (Å²) < 4.78 is 46.4. The van der Waals surface area contributed by atoms with Crippen LogP contribution in [-0.4, -0.2) is 67.3 Å². The van der Waals surface area contributed by atoms with Crippen molar-refractivity contribution in [1.82, 2.24) is 9.80 Å². The first-order valence-electron chi connectivity index (χ1n) is 14.4. The molecule has 3 aromatic rings. The lowest BCUT2D eigenvalue weighted by Gasteiger charge is -2.36. The molecule has 0 saturated carbocycles. The molecule has 4 nitrogen and oxygen atoms in total. The first kappa shape index (κ1) is 32.4. The molecule has 1 saturated heterocycles. The molecule has 11 heteroatoms. The van der Waals surface area contributed by atoms with Crippen LogP contribution in [0.2, 0.25) is 10.0 Å². The van der Waals surface area contributed by atoms with Gasteiger partial charge in [0.2, 0.25) is 0 Å². The molecule has 0 N–H and O–H groups in total. The lowest BCUT2D eigenvalue weighted by Crippen LogP contribution is -2.47. The Morgan fingerprint density at radius 3 is 2.30 bits per heavy atom. The van der Waals surface area contributed by atoms with E-state index in [-0.39, 0.29) is 5.92 Å². The van der Waals surface area contributed by atoms with Gasteiger partial charge in [-0.1, -0.05) is 60.1 Å². The molecule has 0 spiro atoms. The summed E-state index contributed by atoms with van der Waals surface area (Å²) in [6, 6.07) is 17.6. The molecule has 5 rings (SSSR count). The monoisotopic (exact) mass is 667 g/mol. The molecule has 1 unspecified atom stereocenters. The van der Waals surface area contributed by atoms with Crippen LogP contribution in [0.3, 0.4) is 0 Å². The van der Waals surface area contributed by atoms with Gasteiger partial charge in [0.05, 0.1) is 27.0 Å². The van der Waals surface area contributed by atoms with E-state index in [1.54, 1.807) is 12.1 Å². The van der Waals surface area contributed by atoms with Gasteiger partial charge in [-0.3, -0.25) is 4.90 Å². The standard InChI is InChI=1S/C32H34Cl2F3N3OS2/c1-22(19-23-7-9-25(33)26(34)20-23)31(42)41-18-17-39-15-13-38(14-16-39)11-4-12-40-27-5-2-3-6-29(27)43-30-10-8-24(21-28(30)40)32(35,36)37/h2-3,5-10,20-22H,4,11-19H2,1H3. The third-order valence-electron chi connectivity index (χ3n) is 7.85.